The molecular weight excluding hydrogens is 259 g/mol. The number of aliphatic hydroxyl groups is 2. The highest BCUT2D eigenvalue weighted by Crippen LogP contribution is 2.29. The van der Waals surface area contributed by atoms with Crippen LogP contribution < -0.4 is 0 Å². The van der Waals surface area contributed by atoms with Crippen molar-refractivity contribution in [3.05, 3.63) is 53.6 Å². The monoisotopic (exact) mass is 278 g/mol. The minimum absolute atomic E-state index is 0.229. The fourth-order valence-corrected chi connectivity index (χ4v) is 2.34. The number of aliphatic hydroxyl groups excluding tert-OH is 2. The molecule has 0 spiro atoms. The standard InChI is InChI=1S/C15H19FN2O2/c1-18-9-12(8-17-18)5-6-15(10-19,11-20)13-3-2-4-14(16)7-13/h2-4,7-9,19-20H,5-6,10-11H2,1H3. The second kappa shape index (κ2) is 6.15. The molecule has 2 aromatic rings. The Morgan fingerprint density at radius 2 is 2.05 bits per heavy atom. The van der Waals surface area contributed by atoms with Crippen LogP contribution in [0.3, 0.4) is 0 Å². The number of benzene rings is 1. The van der Waals surface area contributed by atoms with Gasteiger partial charge in [-0.3, -0.25) is 4.68 Å². The fraction of sp³-hybridized carbons (Fsp3) is 0.400. The Labute approximate surface area is 117 Å². The highest BCUT2D eigenvalue weighted by Gasteiger charge is 2.31. The summed E-state index contributed by atoms with van der Waals surface area (Å²) in [4.78, 5) is 0. The molecule has 108 valence electrons. The number of aromatic nitrogens is 2. The first kappa shape index (κ1) is 14.7. The van der Waals surface area contributed by atoms with E-state index in [0.717, 1.165) is 5.56 Å². The summed E-state index contributed by atoms with van der Waals surface area (Å²) in [5.41, 5.74) is 0.805. The molecule has 0 fully saturated rings. The maximum absolute atomic E-state index is 13.4. The van der Waals surface area contributed by atoms with Crippen LogP contribution in [-0.2, 0) is 18.9 Å². The van der Waals surface area contributed by atoms with E-state index in [-0.39, 0.29) is 19.0 Å². The van der Waals surface area contributed by atoms with Gasteiger partial charge in [-0.05, 0) is 36.1 Å². The van der Waals surface area contributed by atoms with Gasteiger partial charge in [-0.15, -0.1) is 0 Å². The van der Waals surface area contributed by atoms with Crippen LogP contribution in [0.25, 0.3) is 0 Å². The first-order valence-electron chi connectivity index (χ1n) is 6.55. The number of hydrogen-bond acceptors (Lipinski definition) is 3. The van der Waals surface area contributed by atoms with E-state index in [1.807, 2.05) is 13.2 Å². The van der Waals surface area contributed by atoms with Gasteiger partial charge in [0, 0.05) is 18.7 Å². The molecule has 0 aliphatic rings. The number of rotatable bonds is 6. The zero-order chi connectivity index (χ0) is 14.6. The summed E-state index contributed by atoms with van der Waals surface area (Å²) < 4.78 is 15.1. The third kappa shape index (κ3) is 3.05. The van der Waals surface area contributed by atoms with E-state index in [1.54, 1.807) is 23.0 Å². The van der Waals surface area contributed by atoms with Crippen molar-refractivity contribution in [3.8, 4) is 0 Å². The lowest BCUT2D eigenvalue weighted by molar-refractivity contribution is 0.109. The molecule has 0 bridgehead atoms. The van der Waals surface area contributed by atoms with Crippen molar-refractivity contribution in [1.29, 1.82) is 0 Å². The van der Waals surface area contributed by atoms with Gasteiger partial charge in [0.25, 0.3) is 0 Å². The van der Waals surface area contributed by atoms with Crippen LogP contribution in [0.2, 0.25) is 0 Å². The van der Waals surface area contributed by atoms with Crippen LogP contribution in [0.1, 0.15) is 17.5 Å². The quantitative estimate of drug-likeness (QED) is 0.840. The minimum atomic E-state index is -0.835. The van der Waals surface area contributed by atoms with Crippen molar-refractivity contribution >= 4 is 0 Å². The molecule has 0 unspecified atom stereocenters. The molecule has 0 saturated carbocycles. The van der Waals surface area contributed by atoms with Crippen molar-refractivity contribution in [2.24, 2.45) is 7.05 Å². The van der Waals surface area contributed by atoms with Crippen molar-refractivity contribution in [1.82, 2.24) is 9.78 Å². The number of halogens is 1. The van der Waals surface area contributed by atoms with E-state index < -0.39 is 5.41 Å². The summed E-state index contributed by atoms with van der Waals surface area (Å²) in [6.07, 6.45) is 4.83. The Morgan fingerprint density at radius 3 is 2.60 bits per heavy atom. The zero-order valence-corrected chi connectivity index (χ0v) is 11.5. The molecule has 2 N–H and O–H groups in total. The zero-order valence-electron chi connectivity index (χ0n) is 11.5. The molecule has 4 nitrogen and oxygen atoms in total. The third-order valence-electron chi connectivity index (χ3n) is 3.69. The predicted octanol–water partition coefficient (Wildman–Crippen LogP) is 1.41. The molecule has 1 aromatic heterocycles. The topological polar surface area (TPSA) is 58.3 Å². The molecule has 0 atom stereocenters. The lowest BCUT2D eigenvalue weighted by atomic mass is 9.77. The van der Waals surface area contributed by atoms with Gasteiger partial charge in [-0.1, -0.05) is 12.1 Å². The van der Waals surface area contributed by atoms with Crippen molar-refractivity contribution in [2.75, 3.05) is 13.2 Å². The minimum Gasteiger partial charge on any atom is -0.395 e. The van der Waals surface area contributed by atoms with Gasteiger partial charge in [0.2, 0.25) is 0 Å². The van der Waals surface area contributed by atoms with Crippen molar-refractivity contribution in [2.45, 2.75) is 18.3 Å². The van der Waals surface area contributed by atoms with E-state index in [2.05, 4.69) is 5.10 Å². The smallest absolute Gasteiger partial charge is 0.123 e. The second-order valence-electron chi connectivity index (χ2n) is 5.13. The summed E-state index contributed by atoms with van der Waals surface area (Å²) in [7, 11) is 1.83. The second-order valence-corrected chi connectivity index (χ2v) is 5.13. The normalized spacial score (nSPS) is 11.8. The maximum atomic E-state index is 13.4. The van der Waals surface area contributed by atoms with Crippen LogP contribution in [0.4, 0.5) is 4.39 Å². The van der Waals surface area contributed by atoms with Crippen LogP contribution in [-0.4, -0.2) is 33.2 Å². The van der Waals surface area contributed by atoms with E-state index in [0.29, 0.717) is 18.4 Å². The van der Waals surface area contributed by atoms with Gasteiger partial charge < -0.3 is 10.2 Å². The molecule has 0 amide bonds. The highest BCUT2D eigenvalue weighted by atomic mass is 19.1. The van der Waals surface area contributed by atoms with E-state index in [9.17, 15) is 14.6 Å². The van der Waals surface area contributed by atoms with Gasteiger partial charge >= 0.3 is 0 Å². The first-order chi connectivity index (χ1) is 9.59. The summed E-state index contributed by atoms with van der Waals surface area (Å²) >= 11 is 0. The number of nitrogens with zero attached hydrogens (tertiary/aromatic N) is 2. The van der Waals surface area contributed by atoms with Crippen LogP contribution in [0, 0.1) is 5.82 Å². The molecule has 5 heteroatoms. The molecule has 0 aliphatic carbocycles. The molecule has 2 rings (SSSR count). The van der Waals surface area contributed by atoms with Gasteiger partial charge in [-0.2, -0.15) is 5.10 Å². The summed E-state index contributed by atoms with van der Waals surface area (Å²) in [6, 6.07) is 6.05. The lowest BCUT2D eigenvalue weighted by Crippen LogP contribution is -2.35. The van der Waals surface area contributed by atoms with Crippen LogP contribution in [0.5, 0.6) is 0 Å². The Morgan fingerprint density at radius 1 is 1.30 bits per heavy atom. The highest BCUT2D eigenvalue weighted by molar-refractivity contribution is 5.27. The third-order valence-corrected chi connectivity index (χ3v) is 3.69. The SMILES string of the molecule is Cn1cc(CCC(CO)(CO)c2cccc(F)c2)cn1. The molecule has 20 heavy (non-hydrogen) atoms. The first-order valence-corrected chi connectivity index (χ1v) is 6.55. The largest absolute Gasteiger partial charge is 0.395 e. The molecule has 0 radical (unpaired) electrons. The average Bonchev–Trinajstić information content (AvgIpc) is 2.86. The average molecular weight is 278 g/mol. The predicted molar refractivity (Wildman–Crippen MR) is 73.8 cm³/mol. The molecule has 0 aliphatic heterocycles. The molecular formula is C15H19FN2O2. The number of aryl methyl sites for hydroxylation is 2. The van der Waals surface area contributed by atoms with Crippen molar-refractivity contribution < 1.29 is 14.6 Å². The van der Waals surface area contributed by atoms with Crippen molar-refractivity contribution in [3.63, 3.8) is 0 Å². The number of hydrogen-bond donors (Lipinski definition) is 2. The van der Waals surface area contributed by atoms with Gasteiger partial charge in [-0.25, -0.2) is 4.39 Å². The van der Waals surface area contributed by atoms with Gasteiger partial charge in [0.05, 0.1) is 19.4 Å². The van der Waals surface area contributed by atoms with E-state index in [4.69, 9.17) is 0 Å². The molecule has 0 saturated heterocycles. The Bertz CT molecular complexity index is 565. The van der Waals surface area contributed by atoms with Gasteiger partial charge in [0.15, 0.2) is 0 Å². The Balaban J connectivity index is 2.20. The van der Waals surface area contributed by atoms with E-state index >= 15 is 0 Å². The Kier molecular flexibility index (Phi) is 4.52. The summed E-state index contributed by atoms with van der Waals surface area (Å²) in [5, 5.41) is 23.5. The summed E-state index contributed by atoms with van der Waals surface area (Å²) in [5.74, 6) is -0.366. The lowest BCUT2D eigenvalue weighted by Gasteiger charge is -2.30. The fourth-order valence-electron chi connectivity index (χ4n) is 2.34. The molecule has 1 aromatic carbocycles. The van der Waals surface area contributed by atoms with Gasteiger partial charge in [0.1, 0.15) is 5.82 Å². The maximum Gasteiger partial charge on any atom is 0.123 e. The van der Waals surface area contributed by atoms with Crippen LogP contribution >= 0.6 is 0 Å². The molecule has 1 heterocycles. The summed E-state index contributed by atoms with van der Waals surface area (Å²) in [6.45, 7) is -0.458. The Hall–Kier alpha value is -1.72. The van der Waals surface area contributed by atoms with Crippen LogP contribution in [0.15, 0.2) is 36.7 Å². The van der Waals surface area contributed by atoms with E-state index in [1.165, 1.54) is 12.1 Å².